The van der Waals surface area contributed by atoms with Crippen LogP contribution in [0, 0.1) is 0 Å². The van der Waals surface area contributed by atoms with Gasteiger partial charge < -0.3 is 14.8 Å². The van der Waals surface area contributed by atoms with Crippen LogP contribution < -0.4 is 10.1 Å². The Bertz CT molecular complexity index is 807. The zero-order valence-electron chi connectivity index (χ0n) is 14.5. The molecule has 1 amide bonds. The number of hydrogen-bond acceptors (Lipinski definition) is 5. The van der Waals surface area contributed by atoms with Crippen LogP contribution >= 0.6 is 0 Å². The Kier molecular flexibility index (Phi) is 6.68. The van der Waals surface area contributed by atoms with Crippen molar-refractivity contribution < 1.29 is 23.9 Å². The number of nitrogens with one attached hydrogen (secondary N) is 1. The van der Waals surface area contributed by atoms with Gasteiger partial charge in [0.1, 0.15) is 5.75 Å². The summed E-state index contributed by atoms with van der Waals surface area (Å²) in [5.74, 6) is -0.423. The molecule has 0 unspecified atom stereocenters. The molecule has 0 radical (unpaired) electrons. The van der Waals surface area contributed by atoms with Crippen molar-refractivity contribution in [3.05, 3.63) is 65.7 Å². The van der Waals surface area contributed by atoms with E-state index < -0.39 is 18.5 Å². The van der Waals surface area contributed by atoms with E-state index in [0.717, 1.165) is 11.3 Å². The second kappa shape index (κ2) is 9.17. The Balaban J connectivity index is 1.79. The van der Waals surface area contributed by atoms with Crippen molar-refractivity contribution in [2.24, 2.45) is 0 Å². The lowest BCUT2D eigenvalue weighted by Gasteiger charge is -2.06. The van der Waals surface area contributed by atoms with E-state index in [0.29, 0.717) is 11.3 Å². The van der Waals surface area contributed by atoms with Crippen molar-refractivity contribution in [2.45, 2.75) is 6.92 Å². The Labute approximate surface area is 151 Å². The van der Waals surface area contributed by atoms with E-state index in [2.05, 4.69) is 5.32 Å². The number of rotatable bonds is 7. The van der Waals surface area contributed by atoms with Gasteiger partial charge in [-0.3, -0.25) is 9.59 Å². The highest BCUT2D eigenvalue weighted by Gasteiger charge is 2.06. The van der Waals surface area contributed by atoms with E-state index in [9.17, 15) is 14.4 Å². The summed E-state index contributed by atoms with van der Waals surface area (Å²) in [7, 11) is 1.57. The predicted molar refractivity (Wildman–Crippen MR) is 98.1 cm³/mol. The Hall–Kier alpha value is -3.41. The van der Waals surface area contributed by atoms with Gasteiger partial charge in [0.2, 0.25) is 0 Å². The molecule has 0 spiro atoms. The number of amides is 1. The quantitative estimate of drug-likeness (QED) is 0.470. The molecule has 6 heteroatoms. The van der Waals surface area contributed by atoms with Gasteiger partial charge >= 0.3 is 5.97 Å². The van der Waals surface area contributed by atoms with Gasteiger partial charge in [-0.1, -0.05) is 12.1 Å². The van der Waals surface area contributed by atoms with Crippen LogP contribution in [0.5, 0.6) is 5.75 Å². The molecule has 134 valence electrons. The number of anilines is 1. The van der Waals surface area contributed by atoms with Gasteiger partial charge in [-0.25, -0.2) is 4.79 Å². The maximum absolute atomic E-state index is 11.8. The first-order valence-electron chi connectivity index (χ1n) is 7.87. The number of ketones is 1. The molecular weight excluding hydrogens is 334 g/mol. The highest BCUT2D eigenvalue weighted by molar-refractivity contribution is 5.96. The van der Waals surface area contributed by atoms with Crippen molar-refractivity contribution >= 4 is 29.4 Å². The van der Waals surface area contributed by atoms with Gasteiger partial charge in [0.15, 0.2) is 12.4 Å². The van der Waals surface area contributed by atoms with Crippen LogP contribution in [0.4, 0.5) is 5.69 Å². The van der Waals surface area contributed by atoms with Crippen molar-refractivity contribution in [1.29, 1.82) is 0 Å². The van der Waals surface area contributed by atoms with E-state index in [4.69, 9.17) is 9.47 Å². The third kappa shape index (κ3) is 5.90. The van der Waals surface area contributed by atoms with Crippen LogP contribution in [-0.4, -0.2) is 31.4 Å². The molecular formula is C20H19NO5. The molecule has 26 heavy (non-hydrogen) atoms. The van der Waals surface area contributed by atoms with Gasteiger partial charge in [0.25, 0.3) is 5.91 Å². The second-order valence-corrected chi connectivity index (χ2v) is 5.40. The molecule has 0 aliphatic heterocycles. The smallest absolute Gasteiger partial charge is 0.331 e. The van der Waals surface area contributed by atoms with Crippen LogP contribution in [-0.2, 0) is 14.3 Å². The molecule has 1 N–H and O–H groups in total. The first-order chi connectivity index (χ1) is 12.5. The zero-order chi connectivity index (χ0) is 18.9. The molecule has 0 bridgehead atoms. The molecule has 0 aromatic heterocycles. The SMILES string of the molecule is COc1ccc(/C=C/C(=O)OCC(=O)Nc2ccc(C(C)=O)cc2)cc1. The van der Waals surface area contributed by atoms with E-state index >= 15 is 0 Å². The highest BCUT2D eigenvalue weighted by atomic mass is 16.5. The molecule has 6 nitrogen and oxygen atoms in total. The fraction of sp³-hybridized carbons (Fsp3) is 0.150. The summed E-state index contributed by atoms with van der Waals surface area (Å²) < 4.78 is 9.94. The summed E-state index contributed by atoms with van der Waals surface area (Å²) in [5.41, 5.74) is 1.88. The predicted octanol–water partition coefficient (Wildman–Crippen LogP) is 3.09. The Morgan fingerprint density at radius 2 is 1.65 bits per heavy atom. The summed E-state index contributed by atoms with van der Waals surface area (Å²) >= 11 is 0. The first-order valence-corrected chi connectivity index (χ1v) is 7.87. The maximum Gasteiger partial charge on any atom is 0.331 e. The molecule has 0 atom stereocenters. The largest absolute Gasteiger partial charge is 0.497 e. The molecule has 0 aliphatic carbocycles. The molecule has 0 aliphatic rings. The number of esters is 1. The lowest BCUT2D eigenvalue weighted by Crippen LogP contribution is -2.20. The molecule has 2 aromatic rings. The molecule has 2 rings (SSSR count). The summed E-state index contributed by atoms with van der Waals surface area (Å²) in [4.78, 5) is 34.6. The summed E-state index contributed by atoms with van der Waals surface area (Å²) in [6.45, 7) is 1.06. The van der Waals surface area contributed by atoms with Gasteiger partial charge in [0, 0.05) is 17.3 Å². The van der Waals surface area contributed by atoms with Gasteiger partial charge in [-0.15, -0.1) is 0 Å². The molecule has 2 aromatic carbocycles. The summed E-state index contributed by atoms with van der Waals surface area (Å²) in [6, 6.07) is 13.6. The second-order valence-electron chi connectivity index (χ2n) is 5.40. The normalized spacial score (nSPS) is 10.4. The maximum atomic E-state index is 11.8. The van der Waals surface area contributed by atoms with Crippen LogP contribution in [0.25, 0.3) is 6.08 Å². The number of hydrogen-bond donors (Lipinski definition) is 1. The number of ether oxygens (including phenoxy) is 2. The fourth-order valence-electron chi connectivity index (χ4n) is 2.05. The first kappa shape index (κ1) is 18.9. The van der Waals surface area contributed by atoms with Crippen LogP contribution in [0.1, 0.15) is 22.8 Å². The topological polar surface area (TPSA) is 81.7 Å². The minimum Gasteiger partial charge on any atom is -0.497 e. The summed E-state index contributed by atoms with van der Waals surface area (Å²) in [5, 5.41) is 2.58. The van der Waals surface area contributed by atoms with Crippen LogP contribution in [0.2, 0.25) is 0 Å². The third-order valence-electron chi connectivity index (χ3n) is 3.45. The molecule has 0 heterocycles. The highest BCUT2D eigenvalue weighted by Crippen LogP contribution is 2.12. The number of carbonyl (C=O) groups excluding carboxylic acids is 3. The lowest BCUT2D eigenvalue weighted by atomic mass is 10.1. The minimum atomic E-state index is -0.622. The number of Topliss-reactive ketones (excluding diaryl/α,β-unsaturated/α-hetero) is 1. The van der Waals surface area contributed by atoms with E-state index in [1.165, 1.54) is 13.0 Å². The summed E-state index contributed by atoms with van der Waals surface area (Å²) in [6.07, 6.45) is 2.83. The Morgan fingerprint density at radius 1 is 1.00 bits per heavy atom. The van der Waals surface area contributed by atoms with Crippen LogP contribution in [0.15, 0.2) is 54.6 Å². The molecule has 0 fully saturated rings. The molecule has 0 saturated heterocycles. The number of carbonyl (C=O) groups is 3. The Morgan fingerprint density at radius 3 is 2.23 bits per heavy atom. The third-order valence-corrected chi connectivity index (χ3v) is 3.45. The van der Waals surface area contributed by atoms with E-state index in [1.54, 1.807) is 61.7 Å². The van der Waals surface area contributed by atoms with Crippen molar-refractivity contribution in [1.82, 2.24) is 0 Å². The van der Waals surface area contributed by atoms with Gasteiger partial charge in [0.05, 0.1) is 7.11 Å². The average molecular weight is 353 g/mol. The zero-order valence-corrected chi connectivity index (χ0v) is 14.5. The van der Waals surface area contributed by atoms with Gasteiger partial charge in [-0.2, -0.15) is 0 Å². The van der Waals surface area contributed by atoms with Crippen molar-refractivity contribution in [3.8, 4) is 5.75 Å². The number of benzene rings is 2. The minimum absolute atomic E-state index is 0.0551. The molecule has 0 saturated carbocycles. The fourth-order valence-corrected chi connectivity index (χ4v) is 2.05. The average Bonchev–Trinajstić information content (AvgIpc) is 2.65. The van der Waals surface area contributed by atoms with Gasteiger partial charge in [-0.05, 0) is 55.0 Å². The van der Waals surface area contributed by atoms with E-state index in [-0.39, 0.29) is 5.78 Å². The number of methoxy groups -OCH3 is 1. The van der Waals surface area contributed by atoms with Crippen LogP contribution in [0.3, 0.4) is 0 Å². The van der Waals surface area contributed by atoms with E-state index in [1.807, 2.05) is 0 Å². The van der Waals surface area contributed by atoms with Crippen molar-refractivity contribution in [3.63, 3.8) is 0 Å². The monoisotopic (exact) mass is 353 g/mol. The lowest BCUT2D eigenvalue weighted by molar-refractivity contribution is -0.142. The van der Waals surface area contributed by atoms with Crippen molar-refractivity contribution in [2.75, 3.05) is 19.0 Å². The standard InChI is InChI=1S/C20H19NO5/c1-14(22)16-6-8-17(9-7-16)21-19(23)13-26-20(24)12-5-15-3-10-18(25-2)11-4-15/h3-12H,13H2,1-2H3,(H,21,23)/b12-5+.